The van der Waals surface area contributed by atoms with Crippen LogP contribution in [0.2, 0.25) is 0 Å². The summed E-state index contributed by atoms with van der Waals surface area (Å²) in [6.07, 6.45) is -1.29. The first kappa shape index (κ1) is 17.6. The third kappa shape index (κ3) is 1.97. The van der Waals surface area contributed by atoms with Gasteiger partial charge in [-0.3, -0.25) is 14.4 Å². The molecule has 0 spiro atoms. The van der Waals surface area contributed by atoms with Crippen LogP contribution < -0.4 is 0 Å². The number of hydrogen-bond acceptors (Lipinski definition) is 8. The van der Waals surface area contributed by atoms with Crippen LogP contribution in [0.25, 0.3) is 0 Å². The topological polar surface area (TPSA) is 142 Å². The van der Waals surface area contributed by atoms with E-state index in [4.69, 9.17) is 9.47 Å². The van der Waals surface area contributed by atoms with Crippen molar-refractivity contribution in [3.05, 3.63) is 51.8 Å². The van der Waals surface area contributed by atoms with Crippen LogP contribution >= 0.6 is 0 Å². The number of phenols is 1. The van der Waals surface area contributed by atoms with Gasteiger partial charge in [0.25, 0.3) is 0 Å². The van der Waals surface area contributed by atoms with Crippen molar-refractivity contribution in [3.63, 3.8) is 0 Å². The number of esters is 1. The predicted molar refractivity (Wildman–Crippen MR) is 93.2 cm³/mol. The second kappa shape index (κ2) is 5.31. The second-order valence-electron chi connectivity index (χ2n) is 7.47. The highest BCUT2D eigenvalue weighted by Crippen LogP contribution is 2.60. The Hall–Kier alpha value is -3.48. The number of aromatic nitrogens is 1. The van der Waals surface area contributed by atoms with E-state index >= 15 is 0 Å². The number of nitriles is 1. The largest absolute Gasteiger partial charge is 0.507 e. The minimum absolute atomic E-state index is 0.0262. The van der Waals surface area contributed by atoms with E-state index in [9.17, 15) is 29.9 Å². The monoisotopic (exact) mass is 394 g/mol. The summed E-state index contributed by atoms with van der Waals surface area (Å²) in [5.41, 5.74) is -1.64. The lowest BCUT2D eigenvalue weighted by molar-refractivity contribution is -0.151. The van der Waals surface area contributed by atoms with E-state index in [-0.39, 0.29) is 39.4 Å². The predicted octanol–water partition coefficient (Wildman–Crippen LogP) is 1.11. The Morgan fingerprint density at radius 1 is 1.31 bits per heavy atom. The van der Waals surface area contributed by atoms with E-state index in [1.165, 1.54) is 25.1 Å². The van der Waals surface area contributed by atoms with Gasteiger partial charge in [0.1, 0.15) is 29.3 Å². The molecule has 4 atom stereocenters. The van der Waals surface area contributed by atoms with E-state index in [0.29, 0.717) is 0 Å². The Labute approximate surface area is 163 Å². The molecule has 1 fully saturated rings. The zero-order valence-electron chi connectivity index (χ0n) is 15.3. The molecule has 29 heavy (non-hydrogen) atoms. The minimum Gasteiger partial charge on any atom is -0.507 e. The molecule has 1 aromatic heterocycles. The quantitative estimate of drug-likeness (QED) is 0.462. The van der Waals surface area contributed by atoms with Crippen LogP contribution in [0.3, 0.4) is 0 Å². The lowest BCUT2D eigenvalue weighted by Gasteiger charge is -2.28. The molecule has 4 unspecified atom stereocenters. The maximum absolute atomic E-state index is 13.2. The van der Waals surface area contributed by atoms with Crippen LogP contribution in [0.4, 0.5) is 0 Å². The summed E-state index contributed by atoms with van der Waals surface area (Å²) in [7, 11) is 0. The minimum atomic E-state index is -1.29. The molecule has 9 nitrogen and oxygen atoms in total. The van der Waals surface area contributed by atoms with Crippen molar-refractivity contribution in [2.45, 2.75) is 37.8 Å². The molecule has 0 bridgehead atoms. The Morgan fingerprint density at radius 3 is 2.69 bits per heavy atom. The molecule has 9 heteroatoms. The van der Waals surface area contributed by atoms with Crippen LogP contribution in [0, 0.1) is 11.5 Å². The zero-order chi connectivity index (χ0) is 20.8. The first-order valence-corrected chi connectivity index (χ1v) is 8.85. The molecule has 0 amide bonds. The normalized spacial score (nSPS) is 28.6. The van der Waals surface area contributed by atoms with Crippen LogP contribution in [0.1, 0.15) is 69.3 Å². The summed E-state index contributed by atoms with van der Waals surface area (Å²) in [6.45, 7) is 2.81. The molecule has 1 aliphatic heterocycles. The van der Waals surface area contributed by atoms with Gasteiger partial charge in [-0.1, -0.05) is 12.1 Å². The number of aliphatic hydroxyl groups is 1. The van der Waals surface area contributed by atoms with E-state index in [1.54, 1.807) is 6.92 Å². The van der Waals surface area contributed by atoms with Gasteiger partial charge in [-0.2, -0.15) is 5.26 Å². The molecule has 2 aromatic rings. The number of ketones is 2. The SMILES string of the molecule is CC(=O)OC1c2c(c3c(n2C#N)C(=O)c2c(O)cccc2C3=O)C(O)C2OC12C. The maximum Gasteiger partial charge on any atom is 0.303 e. The molecule has 2 N–H and O–H groups in total. The number of benzene rings is 1. The highest BCUT2D eigenvalue weighted by molar-refractivity contribution is 6.29. The second-order valence-corrected chi connectivity index (χ2v) is 7.47. The number of phenolic OH excluding ortho intramolecular Hbond substituents is 1. The molecular formula is C20H14N2O7. The number of ether oxygens (including phenoxy) is 2. The van der Waals surface area contributed by atoms with Gasteiger partial charge in [-0.05, 0) is 13.0 Å². The molecule has 5 rings (SSSR count). The number of fused-ring (bicyclic) bond motifs is 5. The van der Waals surface area contributed by atoms with Gasteiger partial charge < -0.3 is 19.7 Å². The third-order valence-corrected chi connectivity index (χ3v) is 5.83. The zero-order valence-corrected chi connectivity index (χ0v) is 15.3. The van der Waals surface area contributed by atoms with Crippen molar-refractivity contribution < 1.29 is 34.1 Å². The standard InChI is InChI=1S/C20H14N2O7/c1-7(23)28-18-14-12(17(27)19-20(18,2)29-19)11-13(22(14)6-21)16(26)10-8(15(11)25)4-3-5-9(10)24/h3-5,17-19,24,27H,1-2H3. The Balaban J connectivity index is 1.86. The first-order chi connectivity index (χ1) is 13.7. The van der Waals surface area contributed by atoms with E-state index < -0.39 is 41.4 Å². The fourth-order valence-corrected chi connectivity index (χ4v) is 4.53. The van der Waals surface area contributed by atoms with E-state index in [1.807, 2.05) is 6.19 Å². The summed E-state index contributed by atoms with van der Waals surface area (Å²) in [6, 6.07) is 4.09. The number of carbonyl (C=O) groups is 3. The van der Waals surface area contributed by atoms with Gasteiger partial charge >= 0.3 is 5.97 Å². The molecule has 0 saturated carbocycles. The summed E-state index contributed by atoms with van der Waals surface area (Å²) >= 11 is 0. The van der Waals surface area contributed by atoms with Gasteiger partial charge in [0.15, 0.2) is 18.1 Å². The van der Waals surface area contributed by atoms with Gasteiger partial charge in [-0.15, -0.1) is 0 Å². The van der Waals surface area contributed by atoms with E-state index in [0.717, 1.165) is 4.57 Å². The lowest BCUT2D eigenvalue weighted by atomic mass is 9.79. The van der Waals surface area contributed by atoms with Gasteiger partial charge in [-0.25, -0.2) is 4.57 Å². The number of nitrogens with zero attached hydrogens (tertiary/aromatic N) is 2. The molecule has 1 aromatic carbocycles. The van der Waals surface area contributed by atoms with Crippen molar-refractivity contribution in [1.82, 2.24) is 4.57 Å². The van der Waals surface area contributed by atoms with Gasteiger partial charge in [0.05, 0.1) is 16.8 Å². The highest BCUT2D eigenvalue weighted by Gasteiger charge is 2.69. The Morgan fingerprint density at radius 2 is 2.03 bits per heavy atom. The number of rotatable bonds is 1. The number of hydrogen-bond donors (Lipinski definition) is 2. The highest BCUT2D eigenvalue weighted by atomic mass is 16.7. The average Bonchev–Trinajstić information content (AvgIpc) is 3.25. The number of carbonyl (C=O) groups excluding carboxylic acids is 3. The number of aromatic hydroxyl groups is 1. The smallest absolute Gasteiger partial charge is 0.303 e. The maximum atomic E-state index is 13.2. The van der Waals surface area contributed by atoms with Crippen LogP contribution in [-0.4, -0.2) is 44.0 Å². The Kier molecular flexibility index (Phi) is 3.23. The van der Waals surface area contributed by atoms with Gasteiger partial charge in [0, 0.05) is 18.1 Å². The molecule has 2 heterocycles. The van der Waals surface area contributed by atoms with Crippen LogP contribution in [0.5, 0.6) is 5.75 Å². The fraction of sp³-hybridized carbons (Fsp3) is 0.300. The third-order valence-electron chi connectivity index (χ3n) is 5.83. The fourth-order valence-electron chi connectivity index (χ4n) is 4.53. The summed E-state index contributed by atoms with van der Waals surface area (Å²) < 4.78 is 11.9. The van der Waals surface area contributed by atoms with Crippen molar-refractivity contribution in [2.24, 2.45) is 0 Å². The molecule has 0 radical (unpaired) electrons. The summed E-state index contributed by atoms with van der Waals surface area (Å²) in [5, 5.41) is 30.8. The first-order valence-electron chi connectivity index (χ1n) is 8.85. The average molecular weight is 394 g/mol. The van der Waals surface area contributed by atoms with Crippen molar-refractivity contribution in [3.8, 4) is 11.9 Å². The van der Waals surface area contributed by atoms with Crippen molar-refractivity contribution >= 4 is 17.5 Å². The molecule has 1 saturated heterocycles. The number of epoxide rings is 1. The lowest BCUT2D eigenvalue weighted by Crippen LogP contribution is -2.35. The molecule has 146 valence electrons. The molecule has 2 aliphatic carbocycles. The van der Waals surface area contributed by atoms with Crippen molar-refractivity contribution in [1.29, 1.82) is 5.26 Å². The van der Waals surface area contributed by atoms with E-state index in [2.05, 4.69) is 0 Å². The van der Waals surface area contributed by atoms with Crippen molar-refractivity contribution in [2.75, 3.05) is 0 Å². The van der Waals surface area contributed by atoms with Crippen LogP contribution in [0.15, 0.2) is 18.2 Å². The summed E-state index contributed by atoms with van der Waals surface area (Å²) in [5.74, 6) is -2.36. The molecular weight excluding hydrogens is 380 g/mol. The van der Waals surface area contributed by atoms with Gasteiger partial charge in [0.2, 0.25) is 5.78 Å². The van der Waals surface area contributed by atoms with Crippen LogP contribution in [-0.2, 0) is 14.3 Å². The Bertz CT molecular complexity index is 1200. The number of aliphatic hydroxyl groups excluding tert-OH is 1. The molecule has 3 aliphatic rings. The summed E-state index contributed by atoms with van der Waals surface area (Å²) in [4.78, 5) is 38.1.